The summed E-state index contributed by atoms with van der Waals surface area (Å²) in [5, 5.41) is 2.87. The Bertz CT molecular complexity index is 1640. The normalized spacial score (nSPS) is 20.7. The van der Waals surface area contributed by atoms with Crippen LogP contribution in [-0.4, -0.2) is 78.9 Å². The molecule has 2 aliphatic carbocycles. The molecule has 0 radical (unpaired) electrons. The lowest BCUT2D eigenvalue weighted by atomic mass is 9.55. The minimum atomic E-state index is -0.246. The maximum atomic E-state index is 12.6. The molecule has 9 nitrogen and oxygen atoms in total. The highest BCUT2D eigenvalue weighted by Gasteiger charge is 2.48. The molecule has 1 amide bonds. The van der Waals surface area contributed by atoms with Gasteiger partial charge in [0.15, 0.2) is 0 Å². The number of hydrogen-bond acceptors (Lipinski definition) is 7. The Morgan fingerprint density at radius 2 is 1.93 bits per heavy atom. The topological polar surface area (TPSA) is 75.4 Å². The van der Waals surface area contributed by atoms with Gasteiger partial charge in [-0.3, -0.25) is 4.79 Å². The number of fused-ring (bicyclic) bond motifs is 2. The Labute approximate surface area is 269 Å². The predicted molar refractivity (Wildman–Crippen MR) is 176 cm³/mol. The number of benzene rings is 2. The predicted octanol–water partition coefficient (Wildman–Crippen LogP) is 5.70. The van der Waals surface area contributed by atoms with Crippen molar-refractivity contribution in [1.29, 1.82) is 0 Å². The van der Waals surface area contributed by atoms with Gasteiger partial charge in [-0.2, -0.15) is 9.97 Å². The molecule has 1 saturated heterocycles. The van der Waals surface area contributed by atoms with E-state index in [9.17, 15) is 4.79 Å². The van der Waals surface area contributed by atoms with Gasteiger partial charge in [0.1, 0.15) is 18.5 Å². The summed E-state index contributed by atoms with van der Waals surface area (Å²) in [4.78, 5) is 32.4. The summed E-state index contributed by atoms with van der Waals surface area (Å²) in [5.41, 5.74) is 3.67. The number of hydrogen-bond donors (Lipinski definition) is 0. The maximum absolute atomic E-state index is 12.6. The second kappa shape index (κ2) is 12.5. The number of amides is 1. The number of carbonyl (C=O) groups is 1. The zero-order valence-corrected chi connectivity index (χ0v) is 26.3. The highest BCUT2D eigenvalue weighted by atomic mass is 35.5. The van der Waals surface area contributed by atoms with Crippen LogP contribution in [0.3, 0.4) is 0 Å². The van der Waals surface area contributed by atoms with Crippen molar-refractivity contribution in [3.05, 3.63) is 76.8 Å². The first-order valence-corrected chi connectivity index (χ1v) is 16.4. The molecule has 1 atom stereocenters. The van der Waals surface area contributed by atoms with Crippen molar-refractivity contribution in [2.24, 2.45) is 5.41 Å². The number of rotatable bonds is 9. The first kappa shape index (κ1) is 29.8. The third-order valence-electron chi connectivity index (χ3n) is 10.1. The smallest absolute Gasteiger partial charge is 0.318 e. The van der Waals surface area contributed by atoms with Crippen LogP contribution in [0, 0.1) is 12.0 Å². The summed E-state index contributed by atoms with van der Waals surface area (Å²) >= 11 is 6.71. The van der Waals surface area contributed by atoms with Crippen molar-refractivity contribution in [3.8, 4) is 6.01 Å². The summed E-state index contributed by atoms with van der Waals surface area (Å²) in [7, 11) is 0. The van der Waals surface area contributed by atoms with Gasteiger partial charge < -0.3 is 29.0 Å². The lowest BCUT2D eigenvalue weighted by Gasteiger charge is -2.53. The van der Waals surface area contributed by atoms with E-state index >= 15 is 0 Å². The minimum Gasteiger partial charge on any atom is -0.461 e. The molecule has 1 aromatic heterocycles. The van der Waals surface area contributed by atoms with Gasteiger partial charge in [0.25, 0.3) is 0 Å². The molecule has 4 aliphatic rings. The van der Waals surface area contributed by atoms with Gasteiger partial charge in [-0.1, -0.05) is 48.9 Å². The second-order valence-electron chi connectivity index (χ2n) is 12.8. The van der Waals surface area contributed by atoms with Crippen LogP contribution in [0.4, 0.5) is 11.5 Å². The van der Waals surface area contributed by atoms with Crippen molar-refractivity contribution < 1.29 is 14.3 Å². The highest BCUT2D eigenvalue weighted by molar-refractivity contribution is 6.36. The fraction of sp³-hybridized carbons (Fsp3) is 0.486. The van der Waals surface area contributed by atoms with Crippen molar-refractivity contribution in [3.63, 3.8) is 0 Å². The zero-order chi connectivity index (χ0) is 31.0. The molecule has 2 aliphatic heterocycles. The fourth-order valence-corrected chi connectivity index (χ4v) is 7.91. The summed E-state index contributed by atoms with van der Waals surface area (Å²) in [6.07, 6.45) is 8.82. The molecule has 10 heteroatoms. The molecule has 234 valence electrons. The van der Waals surface area contributed by atoms with Gasteiger partial charge in [0, 0.05) is 42.8 Å². The lowest BCUT2D eigenvalue weighted by Crippen LogP contribution is -2.56. The molecule has 0 N–H and O–H groups in total. The molecular weight excluding hydrogens is 588 g/mol. The number of anilines is 2. The minimum absolute atomic E-state index is 0.142. The molecule has 2 saturated carbocycles. The van der Waals surface area contributed by atoms with Gasteiger partial charge in [0.2, 0.25) is 12.5 Å². The van der Waals surface area contributed by atoms with Gasteiger partial charge in [0.05, 0.1) is 30.0 Å². The molecular formula is C35H39ClN6O3. The van der Waals surface area contributed by atoms with E-state index in [4.69, 9.17) is 37.6 Å². The Hall–Kier alpha value is -3.87. The maximum Gasteiger partial charge on any atom is 0.318 e. The van der Waals surface area contributed by atoms with Crippen LogP contribution >= 0.6 is 11.6 Å². The molecule has 3 heterocycles. The standard InChI is InChI=1S/C35H39ClN6O3/c1-3-31(43)42-16-15-41(22-25(42)21-37-2)33-27-11-14-40(30-10-5-8-24-7-4-9-28(36)32(24)30)23-29(27)38-34(39-33)45-18-17-44-26-19-35(20-26)12-6-13-35/h3-5,7-10,25-26H,1,6,11-23H2/t25-/m0/s1. The van der Waals surface area contributed by atoms with E-state index in [1.54, 1.807) is 4.90 Å². The third-order valence-corrected chi connectivity index (χ3v) is 10.5. The Morgan fingerprint density at radius 1 is 1.11 bits per heavy atom. The molecule has 0 bridgehead atoms. The van der Waals surface area contributed by atoms with E-state index in [-0.39, 0.29) is 18.5 Å². The van der Waals surface area contributed by atoms with Crippen LogP contribution in [0.25, 0.3) is 15.6 Å². The van der Waals surface area contributed by atoms with E-state index in [1.165, 1.54) is 38.2 Å². The zero-order valence-electron chi connectivity index (χ0n) is 25.6. The van der Waals surface area contributed by atoms with Gasteiger partial charge in [-0.05, 0) is 61.1 Å². The average molecular weight is 627 g/mol. The first-order chi connectivity index (χ1) is 22.0. The van der Waals surface area contributed by atoms with E-state index in [1.807, 2.05) is 12.1 Å². The monoisotopic (exact) mass is 626 g/mol. The van der Waals surface area contributed by atoms with Crippen molar-refractivity contribution >= 4 is 39.8 Å². The van der Waals surface area contributed by atoms with E-state index in [2.05, 4.69) is 45.5 Å². The Balaban J connectivity index is 1.14. The second-order valence-corrected chi connectivity index (χ2v) is 13.2. The van der Waals surface area contributed by atoms with Crippen LogP contribution in [0.5, 0.6) is 6.01 Å². The summed E-state index contributed by atoms with van der Waals surface area (Å²) < 4.78 is 12.3. The summed E-state index contributed by atoms with van der Waals surface area (Å²) in [6, 6.07) is 12.4. The molecule has 2 aromatic carbocycles. The number of aromatic nitrogens is 2. The molecule has 0 unspecified atom stereocenters. The number of carbonyl (C=O) groups excluding carboxylic acids is 1. The summed E-state index contributed by atoms with van der Waals surface area (Å²) in [6.45, 7) is 15.3. The SMILES string of the molecule is [C-]#[N+]C[C@H]1CN(c2nc(OCCOC3CC4(CCC4)C3)nc3c2CCN(c2cccc4cccc(Cl)c24)C3)CCN1C(=O)C=C. The third kappa shape index (κ3) is 5.82. The van der Waals surface area contributed by atoms with Crippen molar-refractivity contribution in [2.75, 3.05) is 55.7 Å². The Kier molecular flexibility index (Phi) is 8.28. The molecule has 3 aromatic rings. The van der Waals surface area contributed by atoms with Crippen LogP contribution in [0.15, 0.2) is 49.1 Å². The van der Waals surface area contributed by atoms with E-state index < -0.39 is 0 Å². The number of nitrogens with zero attached hydrogens (tertiary/aromatic N) is 6. The van der Waals surface area contributed by atoms with E-state index in [0.717, 1.165) is 51.5 Å². The quantitative estimate of drug-likeness (QED) is 0.171. The molecule has 45 heavy (non-hydrogen) atoms. The molecule has 3 fully saturated rings. The largest absolute Gasteiger partial charge is 0.461 e. The fourth-order valence-electron chi connectivity index (χ4n) is 7.63. The van der Waals surface area contributed by atoms with Crippen LogP contribution in [-0.2, 0) is 22.5 Å². The number of piperazine rings is 1. The molecule has 1 spiro atoms. The molecule has 7 rings (SSSR count). The van der Waals surface area contributed by atoms with Crippen LogP contribution in [0.1, 0.15) is 43.4 Å². The van der Waals surface area contributed by atoms with Crippen molar-refractivity contribution in [2.45, 2.75) is 57.2 Å². The summed E-state index contributed by atoms with van der Waals surface area (Å²) in [5.74, 6) is 0.689. The van der Waals surface area contributed by atoms with Gasteiger partial charge >= 0.3 is 6.01 Å². The van der Waals surface area contributed by atoms with E-state index in [0.29, 0.717) is 56.9 Å². The first-order valence-electron chi connectivity index (χ1n) is 16.0. The Morgan fingerprint density at radius 3 is 2.69 bits per heavy atom. The number of ether oxygens (including phenoxy) is 2. The van der Waals surface area contributed by atoms with Crippen LogP contribution < -0.4 is 14.5 Å². The lowest BCUT2D eigenvalue weighted by molar-refractivity contribution is -0.128. The number of halogens is 1. The van der Waals surface area contributed by atoms with Gasteiger partial charge in [-0.15, -0.1) is 0 Å². The van der Waals surface area contributed by atoms with Crippen LogP contribution in [0.2, 0.25) is 5.02 Å². The average Bonchev–Trinajstić information content (AvgIpc) is 3.02. The van der Waals surface area contributed by atoms with Crippen molar-refractivity contribution in [1.82, 2.24) is 14.9 Å². The van der Waals surface area contributed by atoms with Gasteiger partial charge in [-0.25, -0.2) is 6.57 Å². The highest BCUT2D eigenvalue weighted by Crippen LogP contribution is 2.56.